The van der Waals surface area contributed by atoms with Crippen LogP contribution in [0, 0.1) is 13.8 Å². The topological polar surface area (TPSA) is 73.0 Å². The van der Waals surface area contributed by atoms with Gasteiger partial charge in [0.05, 0.1) is 18.6 Å². The van der Waals surface area contributed by atoms with Gasteiger partial charge in [-0.3, -0.25) is 9.59 Å². The summed E-state index contributed by atoms with van der Waals surface area (Å²) >= 11 is 7.89. The van der Waals surface area contributed by atoms with E-state index in [1.807, 2.05) is 48.2 Å². The maximum atomic E-state index is 13.3. The fourth-order valence-electron chi connectivity index (χ4n) is 13.6. The molecule has 1 aromatic heterocycles. The summed E-state index contributed by atoms with van der Waals surface area (Å²) in [5, 5.41) is 6.00. The summed E-state index contributed by atoms with van der Waals surface area (Å²) in [5.74, 6) is 0.672. The number of carbonyl (C=O) groups is 3. The molecule has 5 aliphatic rings. The molecule has 3 atom stereocenters. The second-order valence-corrected chi connectivity index (χ2v) is 25.6. The molecule has 0 saturated carbocycles. The quantitative estimate of drug-likeness (QED) is 0.0820. The van der Waals surface area contributed by atoms with Gasteiger partial charge in [0.15, 0.2) is 0 Å². The smallest absolute Gasteiger partial charge is 0.317 e. The number of nitrogens with zero attached hydrogens (tertiary/aromatic N) is 3. The lowest BCUT2D eigenvalue weighted by atomic mass is 9.82. The van der Waals surface area contributed by atoms with Crippen molar-refractivity contribution in [2.24, 2.45) is 0 Å². The van der Waals surface area contributed by atoms with Gasteiger partial charge in [0.1, 0.15) is 0 Å². The van der Waals surface area contributed by atoms with Crippen LogP contribution in [0.3, 0.4) is 0 Å². The number of benzene rings is 6. The van der Waals surface area contributed by atoms with Crippen molar-refractivity contribution in [2.75, 3.05) is 26.2 Å². The number of unbranched alkanes of at least 4 members (excludes halogenated alkanes) is 6. The third-order valence-electron chi connectivity index (χ3n) is 18.3. The Bertz CT molecular complexity index is 3540. The molecular formula is C78H91ClN4O3S. The van der Waals surface area contributed by atoms with Crippen molar-refractivity contribution >= 4 is 57.5 Å². The number of allylic oxidation sites excluding steroid dienone is 1. The predicted molar refractivity (Wildman–Crippen MR) is 365 cm³/mol. The van der Waals surface area contributed by atoms with Crippen LogP contribution in [0.1, 0.15) is 188 Å². The Morgan fingerprint density at radius 1 is 0.655 bits per heavy atom. The number of fused-ring (bicyclic) bond motifs is 5. The lowest BCUT2D eigenvalue weighted by molar-refractivity contribution is -0.133. The van der Waals surface area contributed by atoms with Crippen LogP contribution in [0.25, 0.3) is 16.7 Å². The maximum absolute atomic E-state index is 13.3. The molecule has 12 rings (SSSR count). The minimum Gasteiger partial charge on any atom is -0.338 e. The van der Waals surface area contributed by atoms with Gasteiger partial charge in [0, 0.05) is 54.0 Å². The molecule has 2 aliphatic heterocycles. The summed E-state index contributed by atoms with van der Waals surface area (Å²) in [4.78, 5) is 47.1. The van der Waals surface area contributed by atoms with Crippen molar-refractivity contribution in [2.45, 2.75) is 163 Å². The van der Waals surface area contributed by atoms with Crippen LogP contribution < -0.4 is 5.32 Å². The van der Waals surface area contributed by atoms with Crippen LogP contribution in [0.4, 0.5) is 4.79 Å². The van der Waals surface area contributed by atoms with E-state index in [-0.39, 0.29) is 37.4 Å². The van der Waals surface area contributed by atoms with Crippen molar-refractivity contribution in [1.82, 2.24) is 20.0 Å². The van der Waals surface area contributed by atoms with E-state index < -0.39 is 0 Å². The molecule has 6 aromatic carbocycles. The first-order valence-corrected chi connectivity index (χ1v) is 33.2. The molecule has 7 aromatic rings. The Hall–Kier alpha value is -7.26. The third-order valence-corrected chi connectivity index (χ3v) is 19.6. The first kappa shape index (κ1) is 64.2. The lowest BCUT2D eigenvalue weighted by Crippen LogP contribution is -2.51. The van der Waals surface area contributed by atoms with E-state index in [4.69, 9.17) is 11.6 Å². The average Bonchev–Trinajstić information content (AvgIpc) is 1.80. The molecule has 0 spiro atoms. The minimum absolute atomic E-state index is 0. The number of amides is 4. The molecule has 0 radical (unpaired) electrons. The zero-order valence-corrected chi connectivity index (χ0v) is 53.0. The van der Waals surface area contributed by atoms with Crippen LogP contribution in [0.5, 0.6) is 0 Å². The number of thiophene rings is 1. The van der Waals surface area contributed by atoms with E-state index in [0.29, 0.717) is 18.9 Å². The van der Waals surface area contributed by atoms with Gasteiger partial charge in [0.25, 0.3) is 5.91 Å². The summed E-state index contributed by atoms with van der Waals surface area (Å²) in [6.07, 6.45) is 18.0. The zero-order chi connectivity index (χ0) is 59.9. The Morgan fingerprint density at radius 3 is 1.92 bits per heavy atom. The van der Waals surface area contributed by atoms with Crippen molar-refractivity contribution in [1.29, 1.82) is 0 Å². The third kappa shape index (κ3) is 15.5. The van der Waals surface area contributed by atoms with Gasteiger partial charge >= 0.3 is 6.03 Å². The Morgan fingerprint density at radius 2 is 1.25 bits per heavy atom. The number of halogens is 1. The van der Waals surface area contributed by atoms with Gasteiger partial charge < -0.3 is 20.0 Å². The average molecular weight is 1200 g/mol. The molecule has 87 heavy (non-hydrogen) atoms. The molecule has 9 heteroatoms. The van der Waals surface area contributed by atoms with Crippen LogP contribution in [0.15, 0.2) is 180 Å². The van der Waals surface area contributed by atoms with E-state index in [1.165, 1.54) is 114 Å². The molecule has 454 valence electrons. The number of aryl methyl sites for hydroxylation is 2. The van der Waals surface area contributed by atoms with Gasteiger partial charge in [-0.1, -0.05) is 217 Å². The summed E-state index contributed by atoms with van der Waals surface area (Å²) in [5.41, 5.74) is 21.1. The van der Waals surface area contributed by atoms with E-state index in [9.17, 15) is 14.4 Å². The van der Waals surface area contributed by atoms with Gasteiger partial charge in [-0.25, -0.2) is 4.79 Å². The molecule has 0 fully saturated rings. The van der Waals surface area contributed by atoms with Gasteiger partial charge in [0.2, 0.25) is 5.91 Å². The van der Waals surface area contributed by atoms with E-state index in [2.05, 4.69) is 176 Å². The van der Waals surface area contributed by atoms with E-state index in [1.54, 1.807) is 11.3 Å². The highest BCUT2D eigenvalue weighted by molar-refractivity contribution is 7.10. The largest absolute Gasteiger partial charge is 0.338 e. The van der Waals surface area contributed by atoms with Gasteiger partial charge in [-0.15, -0.1) is 11.3 Å². The minimum atomic E-state index is 0. The Balaban J connectivity index is 0.000000155. The highest BCUT2D eigenvalue weighted by atomic mass is 35.5. The zero-order valence-electron chi connectivity index (χ0n) is 51.4. The number of rotatable bonds is 19. The fraction of sp³-hybridized carbons (Fsp3) is 0.372. The van der Waals surface area contributed by atoms with E-state index in [0.717, 1.165) is 101 Å². The second kappa shape index (κ2) is 31.1. The van der Waals surface area contributed by atoms with Crippen LogP contribution >= 0.6 is 22.9 Å². The summed E-state index contributed by atoms with van der Waals surface area (Å²) in [6, 6.07) is 55.0. The van der Waals surface area contributed by atoms with Crippen molar-refractivity contribution < 1.29 is 14.4 Å². The number of nitrogens with one attached hydrogen (secondary N) is 1. The normalized spacial score (nSPS) is 16.4. The molecular weight excluding hydrogens is 1110 g/mol. The molecule has 3 unspecified atom stereocenters. The molecule has 0 saturated heterocycles. The van der Waals surface area contributed by atoms with Gasteiger partial charge in [-0.05, 0) is 179 Å². The number of hydrogen-bond donors (Lipinski definition) is 1. The monoisotopic (exact) mass is 1200 g/mol. The lowest BCUT2D eigenvalue weighted by Gasteiger charge is -2.41. The molecule has 7 nitrogen and oxygen atoms in total. The Labute approximate surface area is 529 Å². The van der Waals surface area contributed by atoms with Crippen LogP contribution in [0.2, 0.25) is 5.02 Å². The molecule has 3 heterocycles. The number of hydrogen-bond acceptors (Lipinski definition) is 4. The predicted octanol–water partition coefficient (Wildman–Crippen LogP) is 19.4. The summed E-state index contributed by atoms with van der Waals surface area (Å²) < 4.78 is 0. The summed E-state index contributed by atoms with van der Waals surface area (Å²) in [6.45, 7) is 14.6. The molecule has 1 N–H and O–H groups in total. The van der Waals surface area contributed by atoms with Crippen molar-refractivity contribution in [3.05, 3.63) is 251 Å². The fourth-order valence-corrected chi connectivity index (χ4v) is 14.6. The first-order valence-electron chi connectivity index (χ1n) is 31.9. The number of carbonyl (C=O) groups excluding carboxylic acids is 3. The standard InChI is InChI=1S/C27H32ClNO.C25H30N2O.C25H25NOS.CH4/c1-2-3-4-5-6-7-12-26(30)29-18-17-24-23-11-9-8-10-21(23)19-25(24)27(29)20-13-15-22(28)16-14-20;1-3-4-15-26-25(28)27-16-14-22-21-13-9-8-12-20(21)17-23(22)24(27)18(2)19-10-6-5-7-11-19;1-18-7-9-22(10-8-18)25(27)26(17-24-19(2)14-16-28-24)15-13-21-12-11-20-5-3-4-6-23(20)21;/h8-11,13-16,27H,2-7,12,17-19H2,1H3;5-13,18,24H,3-4,14-17H2,1-2H3,(H,26,28);3-10,12,14,16H,11,13,15,17H2,1-2H3;1H4. The second-order valence-electron chi connectivity index (χ2n) is 24.1. The molecule has 4 amide bonds. The van der Waals surface area contributed by atoms with Crippen LogP contribution in [-0.2, 0) is 30.6 Å². The van der Waals surface area contributed by atoms with Gasteiger partial charge in [-0.2, -0.15) is 0 Å². The highest BCUT2D eigenvalue weighted by Crippen LogP contribution is 2.48. The SMILES string of the molecule is C.CCCCCCCCC(=O)N1CCC2=C(Cc3ccccc32)C1c1ccc(Cl)cc1.CCCCNC(=O)N1CCC2=C(Cc3ccccc32)C1C(C)c1ccccc1.Cc1ccc(C(=O)N(CCC2=CCc3ccccc32)Cc2sccc2C)cc1. The molecule has 0 bridgehead atoms. The van der Waals surface area contributed by atoms with Crippen molar-refractivity contribution in [3.8, 4) is 0 Å². The highest BCUT2D eigenvalue weighted by Gasteiger charge is 2.41. The Kier molecular flexibility index (Phi) is 22.9. The first-order chi connectivity index (χ1) is 42.0. The maximum Gasteiger partial charge on any atom is 0.317 e. The van der Waals surface area contributed by atoms with Crippen molar-refractivity contribution in [3.63, 3.8) is 0 Å². The van der Waals surface area contributed by atoms with E-state index >= 15 is 0 Å². The van der Waals surface area contributed by atoms with Crippen LogP contribution in [-0.4, -0.2) is 64.8 Å². The molecule has 3 aliphatic carbocycles. The summed E-state index contributed by atoms with van der Waals surface area (Å²) in [7, 11) is 0. The number of urea groups is 1.